The highest BCUT2D eigenvalue weighted by Gasteiger charge is 2.26. The molecule has 1 aliphatic carbocycles. The molecule has 2 amide bonds. The number of carbonyl (C=O) groups excluding carboxylic acids is 1. The highest BCUT2D eigenvalue weighted by molar-refractivity contribution is 5.74. The maximum absolute atomic E-state index is 12.1. The van der Waals surface area contributed by atoms with Gasteiger partial charge in [-0.1, -0.05) is 26.2 Å². The number of carbonyl (C=O) groups is 1. The maximum Gasteiger partial charge on any atom is 0.317 e. The number of piperidine rings is 1. The Morgan fingerprint density at radius 1 is 1.11 bits per heavy atom. The molecular weight excluding hydrogens is 228 g/mol. The van der Waals surface area contributed by atoms with Crippen LogP contribution in [0.4, 0.5) is 4.79 Å². The molecule has 2 atom stereocenters. The van der Waals surface area contributed by atoms with E-state index in [0.29, 0.717) is 0 Å². The average molecular weight is 254 g/mol. The third-order valence-electron chi connectivity index (χ3n) is 4.36. The fourth-order valence-corrected chi connectivity index (χ4v) is 2.92. The Bertz CT molecular complexity index is 275. The van der Waals surface area contributed by atoms with Crippen LogP contribution in [0.15, 0.2) is 0 Å². The highest BCUT2D eigenvalue weighted by Crippen LogP contribution is 2.19. The van der Waals surface area contributed by atoms with Crippen molar-refractivity contribution < 1.29 is 9.90 Å². The first kappa shape index (κ1) is 13.7. The summed E-state index contributed by atoms with van der Waals surface area (Å²) >= 11 is 0. The van der Waals surface area contributed by atoms with Crippen molar-refractivity contribution in [3.05, 3.63) is 0 Å². The van der Waals surface area contributed by atoms with Crippen LogP contribution in [0, 0.1) is 5.92 Å². The molecule has 0 aromatic heterocycles. The molecule has 1 heterocycles. The van der Waals surface area contributed by atoms with Gasteiger partial charge in [-0.15, -0.1) is 0 Å². The molecule has 2 fully saturated rings. The number of aliphatic hydroxyl groups excluding tert-OH is 1. The lowest BCUT2D eigenvalue weighted by molar-refractivity contribution is 0.112. The molecule has 0 aromatic carbocycles. The van der Waals surface area contributed by atoms with Crippen LogP contribution in [0.2, 0.25) is 0 Å². The van der Waals surface area contributed by atoms with Crippen molar-refractivity contribution in [2.24, 2.45) is 5.92 Å². The van der Waals surface area contributed by atoms with Crippen LogP contribution in [-0.2, 0) is 0 Å². The lowest BCUT2D eigenvalue weighted by Crippen LogP contribution is -2.50. The fourth-order valence-electron chi connectivity index (χ4n) is 2.92. The van der Waals surface area contributed by atoms with Gasteiger partial charge in [-0.25, -0.2) is 4.79 Å². The number of rotatable bonds is 1. The van der Waals surface area contributed by atoms with Gasteiger partial charge in [-0.2, -0.15) is 0 Å². The van der Waals surface area contributed by atoms with E-state index >= 15 is 0 Å². The number of likely N-dealkylation sites (tertiary alicyclic amines) is 1. The number of nitrogens with one attached hydrogen (secondary N) is 1. The molecule has 18 heavy (non-hydrogen) atoms. The summed E-state index contributed by atoms with van der Waals surface area (Å²) < 4.78 is 0. The van der Waals surface area contributed by atoms with E-state index in [1.165, 1.54) is 6.42 Å². The normalized spacial score (nSPS) is 30.9. The largest absolute Gasteiger partial charge is 0.391 e. The summed E-state index contributed by atoms with van der Waals surface area (Å²) in [6.45, 7) is 3.95. The molecule has 1 saturated heterocycles. The second-order valence-corrected chi connectivity index (χ2v) is 5.93. The minimum absolute atomic E-state index is 0.0212. The summed E-state index contributed by atoms with van der Waals surface area (Å²) in [4.78, 5) is 14.0. The fraction of sp³-hybridized carbons (Fsp3) is 0.929. The van der Waals surface area contributed by atoms with E-state index in [-0.39, 0.29) is 18.2 Å². The monoisotopic (exact) mass is 254 g/mol. The van der Waals surface area contributed by atoms with Gasteiger partial charge in [0.15, 0.2) is 0 Å². The first-order valence-corrected chi connectivity index (χ1v) is 7.40. The molecule has 104 valence electrons. The number of hydrogen-bond donors (Lipinski definition) is 2. The number of amides is 2. The summed E-state index contributed by atoms with van der Waals surface area (Å²) in [6.07, 6.45) is 6.93. The predicted molar refractivity (Wildman–Crippen MR) is 71.4 cm³/mol. The van der Waals surface area contributed by atoms with Crippen molar-refractivity contribution in [1.82, 2.24) is 10.2 Å². The van der Waals surface area contributed by atoms with Crippen LogP contribution in [-0.4, -0.2) is 41.3 Å². The summed E-state index contributed by atoms with van der Waals surface area (Å²) in [5.74, 6) is 0.734. The Morgan fingerprint density at radius 2 is 1.78 bits per heavy atom. The van der Waals surface area contributed by atoms with Gasteiger partial charge >= 0.3 is 6.03 Å². The molecule has 0 spiro atoms. The predicted octanol–water partition coefficient (Wildman–Crippen LogP) is 2.12. The van der Waals surface area contributed by atoms with Gasteiger partial charge in [-0.05, 0) is 31.6 Å². The molecule has 0 bridgehead atoms. The lowest BCUT2D eigenvalue weighted by Gasteiger charge is -2.32. The van der Waals surface area contributed by atoms with E-state index < -0.39 is 0 Å². The Hall–Kier alpha value is -0.770. The van der Waals surface area contributed by atoms with Crippen molar-refractivity contribution in [3.8, 4) is 0 Å². The molecule has 0 aromatic rings. The molecule has 2 aliphatic rings. The number of aliphatic hydroxyl groups is 1. The molecule has 2 N–H and O–H groups in total. The second-order valence-electron chi connectivity index (χ2n) is 5.93. The molecular formula is C14H26N2O2. The van der Waals surface area contributed by atoms with Crippen LogP contribution in [0.25, 0.3) is 0 Å². The van der Waals surface area contributed by atoms with Crippen LogP contribution >= 0.6 is 0 Å². The second kappa shape index (κ2) is 6.41. The van der Waals surface area contributed by atoms with Crippen molar-refractivity contribution in [2.75, 3.05) is 13.1 Å². The van der Waals surface area contributed by atoms with Crippen molar-refractivity contribution in [1.29, 1.82) is 0 Å². The van der Waals surface area contributed by atoms with Crippen molar-refractivity contribution in [3.63, 3.8) is 0 Å². The zero-order chi connectivity index (χ0) is 13.0. The maximum atomic E-state index is 12.1. The Morgan fingerprint density at radius 3 is 2.50 bits per heavy atom. The van der Waals surface area contributed by atoms with Crippen LogP contribution in [0.5, 0.6) is 0 Å². The van der Waals surface area contributed by atoms with Gasteiger partial charge in [0.25, 0.3) is 0 Å². The highest BCUT2D eigenvalue weighted by atomic mass is 16.3. The van der Waals surface area contributed by atoms with Gasteiger partial charge < -0.3 is 15.3 Å². The van der Waals surface area contributed by atoms with Crippen LogP contribution < -0.4 is 5.32 Å². The zero-order valence-corrected chi connectivity index (χ0v) is 11.4. The first-order valence-electron chi connectivity index (χ1n) is 7.40. The molecule has 1 saturated carbocycles. The van der Waals surface area contributed by atoms with Gasteiger partial charge in [0.05, 0.1) is 12.1 Å². The SMILES string of the molecule is CC1CCN(C(=O)NC2CCCCCC2O)CC1. The molecule has 0 radical (unpaired) electrons. The Labute approximate surface area is 110 Å². The van der Waals surface area contributed by atoms with Crippen molar-refractivity contribution in [2.45, 2.75) is 64.0 Å². The minimum Gasteiger partial charge on any atom is -0.391 e. The lowest BCUT2D eigenvalue weighted by atomic mass is 9.99. The average Bonchev–Trinajstić information content (AvgIpc) is 2.56. The van der Waals surface area contributed by atoms with E-state index in [9.17, 15) is 9.90 Å². The first-order chi connectivity index (χ1) is 8.66. The summed E-state index contributed by atoms with van der Waals surface area (Å²) in [6, 6.07) is -0.0211. The van der Waals surface area contributed by atoms with Gasteiger partial charge in [-0.3, -0.25) is 0 Å². The quantitative estimate of drug-likeness (QED) is 0.704. The van der Waals surface area contributed by atoms with E-state index in [1.807, 2.05) is 4.90 Å². The topological polar surface area (TPSA) is 52.6 Å². The van der Waals surface area contributed by atoms with Gasteiger partial charge in [0, 0.05) is 13.1 Å². The standard InChI is InChI=1S/C14H26N2O2/c1-11-7-9-16(10-8-11)14(18)15-12-5-3-2-4-6-13(12)17/h11-13,17H,2-10H2,1H3,(H,15,18). The molecule has 2 unspecified atom stereocenters. The Kier molecular flexibility index (Phi) is 4.87. The van der Waals surface area contributed by atoms with E-state index in [1.54, 1.807) is 0 Å². The summed E-state index contributed by atoms with van der Waals surface area (Å²) in [7, 11) is 0. The smallest absolute Gasteiger partial charge is 0.317 e. The molecule has 4 heteroatoms. The molecule has 4 nitrogen and oxygen atoms in total. The van der Waals surface area contributed by atoms with Crippen LogP contribution in [0.3, 0.4) is 0 Å². The number of nitrogens with zero attached hydrogens (tertiary/aromatic N) is 1. The molecule has 1 aliphatic heterocycles. The van der Waals surface area contributed by atoms with Gasteiger partial charge in [0.1, 0.15) is 0 Å². The van der Waals surface area contributed by atoms with Crippen molar-refractivity contribution >= 4 is 6.03 Å². The minimum atomic E-state index is -0.361. The summed E-state index contributed by atoms with van der Waals surface area (Å²) in [5, 5.41) is 13.0. The third-order valence-corrected chi connectivity index (χ3v) is 4.36. The van der Waals surface area contributed by atoms with Crippen LogP contribution in [0.1, 0.15) is 51.9 Å². The van der Waals surface area contributed by atoms with E-state index in [0.717, 1.165) is 57.5 Å². The molecule has 2 rings (SSSR count). The number of hydrogen-bond acceptors (Lipinski definition) is 2. The number of urea groups is 1. The zero-order valence-electron chi connectivity index (χ0n) is 11.4. The van der Waals surface area contributed by atoms with E-state index in [2.05, 4.69) is 12.2 Å². The summed E-state index contributed by atoms with van der Waals surface area (Å²) in [5.41, 5.74) is 0. The third kappa shape index (κ3) is 3.61. The Balaban J connectivity index is 1.82. The van der Waals surface area contributed by atoms with Gasteiger partial charge in [0.2, 0.25) is 0 Å². The van der Waals surface area contributed by atoms with E-state index in [4.69, 9.17) is 0 Å².